The van der Waals surface area contributed by atoms with E-state index in [0.29, 0.717) is 12.2 Å². The van der Waals surface area contributed by atoms with Crippen molar-refractivity contribution in [1.82, 2.24) is 15.1 Å². The van der Waals surface area contributed by atoms with Crippen molar-refractivity contribution >= 4 is 5.91 Å². The fourth-order valence-electron chi connectivity index (χ4n) is 4.84. The first-order valence-electron chi connectivity index (χ1n) is 12.0. The van der Waals surface area contributed by atoms with E-state index >= 15 is 0 Å². The van der Waals surface area contributed by atoms with E-state index in [-0.39, 0.29) is 18.1 Å². The van der Waals surface area contributed by atoms with Gasteiger partial charge >= 0.3 is 0 Å². The largest absolute Gasteiger partial charge is 0.494 e. The van der Waals surface area contributed by atoms with Crippen LogP contribution in [0.15, 0.2) is 54.6 Å². The van der Waals surface area contributed by atoms with Crippen LogP contribution in [0, 0.1) is 0 Å². The van der Waals surface area contributed by atoms with Gasteiger partial charge in [-0.15, -0.1) is 0 Å². The summed E-state index contributed by atoms with van der Waals surface area (Å²) in [7, 11) is 0. The summed E-state index contributed by atoms with van der Waals surface area (Å²) in [5.74, 6) is 0.848. The summed E-state index contributed by atoms with van der Waals surface area (Å²) in [6.07, 6.45) is 5.52. The third kappa shape index (κ3) is 4.40. The van der Waals surface area contributed by atoms with Gasteiger partial charge in [0.05, 0.1) is 24.4 Å². The van der Waals surface area contributed by atoms with Crippen LogP contribution < -0.4 is 4.74 Å². The number of hydrogen-bond acceptors (Lipinski definition) is 4. The monoisotopic (exact) mass is 445 g/mol. The Bertz CT molecular complexity index is 1070. The zero-order valence-electron chi connectivity index (χ0n) is 19.1. The van der Waals surface area contributed by atoms with Crippen LogP contribution in [0.5, 0.6) is 5.75 Å². The first kappa shape index (κ1) is 21.7. The first-order chi connectivity index (χ1) is 16.3. The number of unbranched alkanes of at least 4 members (excludes halogenated alkanes) is 2. The summed E-state index contributed by atoms with van der Waals surface area (Å²) in [6, 6.07) is 18.0. The first-order valence-corrected chi connectivity index (χ1v) is 12.0. The number of H-pyrrole nitrogens is 1. The minimum absolute atomic E-state index is 0.0138. The Balaban J connectivity index is 1.47. The molecule has 1 saturated heterocycles. The van der Waals surface area contributed by atoms with E-state index in [1.54, 1.807) is 0 Å². The molecule has 2 aromatic carbocycles. The molecule has 2 atom stereocenters. The number of amides is 1. The molecule has 0 radical (unpaired) electrons. The summed E-state index contributed by atoms with van der Waals surface area (Å²) in [5.41, 5.74) is 4.42. The standard InChI is InChI=1S/C27H31N3O3/c1-2-3-7-16-32-21-14-12-20(13-15-21)26-23-24(19-9-5-4-6-10-19)28-29-25(23)27(31)30(26)18-22-11-8-17-33-22/h4-6,9-10,12-15,22,26H,2-3,7-8,11,16-18H2,1H3,(H,28,29). The summed E-state index contributed by atoms with van der Waals surface area (Å²) in [5, 5.41) is 7.58. The molecule has 2 aliphatic rings. The molecule has 0 saturated carbocycles. The maximum absolute atomic E-state index is 13.5. The summed E-state index contributed by atoms with van der Waals surface area (Å²) < 4.78 is 11.8. The van der Waals surface area contributed by atoms with Gasteiger partial charge in [-0.05, 0) is 37.0 Å². The van der Waals surface area contributed by atoms with Gasteiger partial charge in [0.2, 0.25) is 0 Å². The van der Waals surface area contributed by atoms with Crippen molar-refractivity contribution in [2.45, 2.75) is 51.2 Å². The second-order valence-corrected chi connectivity index (χ2v) is 8.85. The molecule has 6 nitrogen and oxygen atoms in total. The zero-order chi connectivity index (χ0) is 22.6. The van der Waals surface area contributed by atoms with Gasteiger partial charge in [-0.1, -0.05) is 62.2 Å². The number of fused-ring (bicyclic) bond motifs is 1. The summed E-state index contributed by atoms with van der Waals surface area (Å²) in [4.78, 5) is 15.4. The topological polar surface area (TPSA) is 67.5 Å². The van der Waals surface area contributed by atoms with Crippen LogP contribution in [0.2, 0.25) is 0 Å². The van der Waals surface area contributed by atoms with Gasteiger partial charge in [-0.3, -0.25) is 9.89 Å². The fourth-order valence-corrected chi connectivity index (χ4v) is 4.84. The van der Waals surface area contributed by atoms with Gasteiger partial charge in [0.15, 0.2) is 0 Å². The lowest BCUT2D eigenvalue weighted by atomic mass is 9.96. The molecule has 2 aliphatic heterocycles. The zero-order valence-corrected chi connectivity index (χ0v) is 19.1. The van der Waals surface area contributed by atoms with E-state index in [0.717, 1.165) is 60.6 Å². The van der Waals surface area contributed by atoms with Crippen molar-refractivity contribution in [3.8, 4) is 17.0 Å². The second kappa shape index (κ2) is 9.79. The maximum Gasteiger partial charge on any atom is 0.273 e. The molecule has 1 aromatic heterocycles. The highest BCUT2D eigenvalue weighted by molar-refractivity contribution is 6.00. The van der Waals surface area contributed by atoms with Gasteiger partial charge in [-0.25, -0.2) is 0 Å². The average molecular weight is 446 g/mol. The number of carbonyl (C=O) groups is 1. The van der Waals surface area contributed by atoms with E-state index in [4.69, 9.17) is 9.47 Å². The van der Waals surface area contributed by atoms with Crippen molar-refractivity contribution in [3.63, 3.8) is 0 Å². The second-order valence-electron chi connectivity index (χ2n) is 8.85. The Hall–Kier alpha value is -3.12. The van der Waals surface area contributed by atoms with E-state index in [1.807, 2.05) is 47.4 Å². The molecular formula is C27H31N3O3. The van der Waals surface area contributed by atoms with Crippen LogP contribution in [-0.2, 0) is 4.74 Å². The molecule has 6 heteroatoms. The molecule has 0 bridgehead atoms. The normalized spacial score (nSPS) is 19.8. The predicted octanol–water partition coefficient (Wildman–Crippen LogP) is 5.37. The third-order valence-electron chi connectivity index (χ3n) is 6.55. The van der Waals surface area contributed by atoms with Gasteiger partial charge in [-0.2, -0.15) is 5.10 Å². The van der Waals surface area contributed by atoms with Gasteiger partial charge < -0.3 is 14.4 Å². The Kier molecular flexibility index (Phi) is 6.44. The van der Waals surface area contributed by atoms with Gasteiger partial charge in [0.1, 0.15) is 11.4 Å². The summed E-state index contributed by atoms with van der Waals surface area (Å²) >= 11 is 0. The number of rotatable bonds is 9. The summed E-state index contributed by atoms with van der Waals surface area (Å²) in [6.45, 7) is 4.26. The highest BCUT2D eigenvalue weighted by Gasteiger charge is 2.43. The minimum atomic E-state index is -0.209. The predicted molar refractivity (Wildman–Crippen MR) is 127 cm³/mol. The van der Waals surface area contributed by atoms with Gasteiger partial charge in [0.25, 0.3) is 5.91 Å². The van der Waals surface area contributed by atoms with Crippen molar-refractivity contribution in [2.75, 3.05) is 19.8 Å². The molecule has 3 heterocycles. The van der Waals surface area contributed by atoms with Crippen molar-refractivity contribution in [1.29, 1.82) is 0 Å². The average Bonchev–Trinajstić information content (AvgIpc) is 3.58. The van der Waals surface area contributed by atoms with Crippen molar-refractivity contribution in [3.05, 3.63) is 71.4 Å². The molecule has 5 rings (SSSR count). The SMILES string of the molecule is CCCCCOc1ccc(C2c3c(-c4ccccc4)n[nH]c3C(=O)N2CC2CCCO2)cc1. The Morgan fingerprint density at radius 3 is 2.67 bits per heavy atom. The lowest BCUT2D eigenvalue weighted by molar-refractivity contribution is 0.0495. The molecule has 2 unspecified atom stereocenters. The molecule has 1 fully saturated rings. The molecule has 172 valence electrons. The number of nitrogens with zero attached hydrogens (tertiary/aromatic N) is 2. The Labute approximate surface area is 194 Å². The number of carbonyl (C=O) groups excluding carboxylic acids is 1. The molecule has 1 N–H and O–H groups in total. The number of benzene rings is 2. The van der Waals surface area contributed by atoms with Crippen molar-refractivity contribution < 1.29 is 14.3 Å². The van der Waals surface area contributed by atoms with Crippen LogP contribution >= 0.6 is 0 Å². The molecular weight excluding hydrogens is 414 g/mol. The lowest BCUT2D eigenvalue weighted by Gasteiger charge is -2.28. The Morgan fingerprint density at radius 2 is 1.94 bits per heavy atom. The van der Waals surface area contributed by atoms with E-state index < -0.39 is 0 Å². The molecule has 1 amide bonds. The number of aromatic amines is 1. The fraction of sp³-hybridized carbons (Fsp3) is 0.407. The van der Waals surface area contributed by atoms with Crippen LogP contribution in [0.25, 0.3) is 11.3 Å². The molecule has 0 aliphatic carbocycles. The number of hydrogen-bond donors (Lipinski definition) is 1. The Morgan fingerprint density at radius 1 is 1.12 bits per heavy atom. The van der Waals surface area contributed by atoms with Crippen LogP contribution in [0.4, 0.5) is 0 Å². The van der Waals surface area contributed by atoms with Crippen LogP contribution in [0.1, 0.15) is 66.7 Å². The third-order valence-corrected chi connectivity index (χ3v) is 6.55. The van der Waals surface area contributed by atoms with Crippen LogP contribution in [-0.4, -0.2) is 46.9 Å². The quantitative estimate of drug-likeness (QED) is 0.450. The number of aromatic nitrogens is 2. The minimum Gasteiger partial charge on any atom is -0.494 e. The highest BCUT2D eigenvalue weighted by Crippen LogP contribution is 2.43. The molecule has 3 aromatic rings. The lowest BCUT2D eigenvalue weighted by Crippen LogP contribution is -2.36. The number of ether oxygens (including phenoxy) is 2. The molecule has 0 spiro atoms. The number of nitrogens with one attached hydrogen (secondary N) is 1. The van der Waals surface area contributed by atoms with E-state index in [1.165, 1.54) is 12.8 Å². The van der Waals surface area contributed by atoms with Crippen LogP contribution in [0.3, 0.4) is 0 Å². The van der Waals surface area contributed by atoms with Gasteiger partial charge in [0, 0.05) is 24.3 Å². The molecule has 33 heavy (non-hydrogen) atoms. The smallest absolute Gasteiger partial charge is 0.273 e. The van der Waals surface area contributed by atoms with E-state index in [9.17, 15) is 4.79 Å². The van der Waals surface area contributed by atoms with Crippen molar-refractivity contribution in [2.24, 2.45) is 0 Å². The van der Waals surface area contributed by atoms with E-state index in [2.05, 4.69) is 29.3 Å². The highest BCUT2D eigenvalue weighted by atomic mass is 16.5. The maximum atomic E-state index is 13.5.